The van der Waals surface area contributed by atoms with E-state index < -0.39 is 0 Å². The molecule has 29 heavy (non-hydrogen) atoms. The average Bonchev–Trinajstić information content (AvgIpc) is 2.90. The van der Waals surface area contributed by atoms with Gasteiger partial charge in [0, 0.05) is 57.3 Å². The molecule has 0 bridgehead atoms. The van der Waals surface area contributed by atoms with E-state index in [0.29, 0.717) is 48.2 Å². The molecule has 0 aromatic heterocycles. The van der Waals surface area contributed by atoms with Crippen molar-refractivity contribution in [3.05, 3.63) is 39.9 Å². The van der Waals surface area contributed by atoms with Crippen molar-refractivity contribution in [1.29, 1.82) is 0 Å². The highest BCUT2D eigenvalue weighted by molar-refractivity contribution is 6.42. The number of hydrogen-bond donors (Lipinski definition) is 0. The average molecular weight is 438 g/mol. The van der Waals surface area contributed by atoms with Gasteiger partial charge in [0.25, 0.3) is 0 Å². The quantitative estimate of drug-likeness (QED) is 0.655. The first-order chi connectivity index (χ1) is 13.8. The number of likely N-dealkylation sites (tertiary alicyclic amines) is 1. The lowest BCUT2D eigenvalue weighted by Crippen LogP contribution is -2.42. The Bertz CT molecular complexity index is 773. The Labute approximate surface area is 183 Å². The third-order valence-corrected chi connectivity index (χ3v) is 6.76. The zero-order chi connectivity index (χ0) is 21.0. The molecule has 2 fully saturated rings. The highest BCUT2D eigenvalue weighted by Gasteiger charge is 2.29. The second-order valence-electron chi connectivity index (χ2n) is 7.98. The summed E-state index contributed by atoms with van der Waals surface area (Å²) in [6.07, 6.45) is 6.08. The fraction of sp³-hybridized carbons (Fsp3) is 0.545. The maximum Gasteiger partial charge on any atom is 0.246 e. The van der Waals surface area contributed by atoms with Crippen molar-refractivity contribution in [3.8, 4) is 0 Å². The second-order valence-corrected chi connectivity index (χ2v) is 8.79. The summed E-state index contributed by atoms with van der Waals surface area (Å²) >= 11 is 11.9. The van der Waals surface area contributed by atoms with E-state index in [-0.39, 0.29) is 11.8 Å². The molecular formula is C22H29Cl2N3O2. The van der Waals surface area contributed by atoms with Crippen molar-refractivity contribution in [1.82, 2.24) is 14.7 Å². The van der Waals surface area contributed by atoms with Crippen LogP contribution in [0.4, 0.5) is 0 Å². The molecule has 3 rings (SSSR count). The van der Waals surface area contributed by atoms with Crippen LogP contribution in [0.3, 0.4) is 0 Å². The molecule has 158 valence electrons. The molecule has 0 spiro atoms. The van der Waals surface area contributed by atoms with E-state index in [9.17, 15) is 9.59 Å². The maximum atomic E-state index is 12.6. The number of rotatable bonds is 5. The van der Waals surface area contributed by atoms with E-state index in [0.717, 1.165) is 18.7 Å². The van der Waals surface area contributed by atoms with Crippen LogP contribution in [0.25, 0.3) is 6.08 Å². The minimum absolute atomic E-state index is 0.0903. The van der Waals surface area contributed by atoms with Gasteiger partial charge in [0.05, 0.1) is 10.0 Å². The molecular weight excluding hydrogens is 409 g/mol. The van der Waals surface area contributed by atoms with E-state index in [1.54, 1.807) is 23.1 Å². The molecule has 2 saturated heterocycles. The summed E-state index contributed by atoms with van der Waals surface area (Å²) in [5, 5.41) is 0.942. The molecule has 2 aliphatic heterocycles. The number of benzene rings is 1. The second kappa shape index (κ2) is 9.96. The van der Waals surface area contributed by atoms with Crippen LogP contribution in [0.2, 0.25) is 10.0 Å². The van der Waals surface area contributed by atoms with Crippen molar-refractivity contribution >= 4 is 41.1 Å². The smallest absolute Gasteiger partial charge is 0.246 e. The predicted octanol–water partition coefficient (Wildman–Crippen LogP) is 3.94. The number of carbonyl (C=O) groups is 2. The van der Waals surface area contributed by atoms with Gasteiger partial charge >= 0.3 is 0 Å². The van der Waals surface area contributed by atoms with E-state index in [2.05, 4.69) is 18.7 Å². The van der Waals surface area contributed by atoms with Gasteiger partial charge in [0.1, 0.15) is 0 Å². The van der Waals surface area contributed by atoms with Crippen LogP contribution in [0.15, 0.2) is 24.3 Å². The van der Waals surface area contributed by atoms with Crippen LogP contribution in [0.1, 0.15) is 38.7 Å². The Morgan fingerprint density at radius 2 is 1.79 bits per heavy atom. The molecule has 2 aliphatic rings. The highest BCUT2D eigenvalue weighted by atomic mass is 35.5. The monoisotopic (exact) mass is 437 g/mol. The number of carbonyl (C=O) groups excluding carboxylic acids is 2. The molecule has 5 nitrogen and oxygen atoms in total. The van der Waals surface area contributed by atoms with Crippen LogP contribution >= 0.6 is 23.2 Å². The minimum Gasteiger partial charge on any atom is -0.340 e. The van der Waals surface area contributed by atoms with Crippen LogP contribution in [-0.2, 0) is 9.59 Å². The van der Waals surface area contributed by atoms with Gasteiger partial charge in [0.15, 0.2) is 0 Å². The van der Waals surface area contributed by atoms with Crippen LogP contribution in [0, 0.1) is 0 Å². The summed E-state index contributed by atoms with van der Waals surface area (Å²) in [7, 11) is 0. The van der Waals surface area contributed by atoms with Crippen molar-refractivity contribution in [2.24, 2.45) is 0 Å². The zero-order valence-corrected chi connectivity index (χ0v) is 18.6. The molecule has 0 radical (unpaired) electrons. The van der Waals surface area contributed by atoms with Crippen molar-refractivity contribution in [3.63, 3.8) is 0 Å². The number of amides is 2. The Morgan fingerprint density at radius 3 is 2.48 bits per heavy atom. The third kappa shape index (κ3) is 5.74. The fourth-order valence-electron chi connectivity index (χ4n) is 4.14. The molecule has 0 N–H and O–H groups in total. The Morgan fingerprint density at radius 1 is 1.07 bits per heavy atom. The lowest BCUT2D eigenvalue weighted by Gasteiger charge is -2.29. The Kier molecular flexibility index (Phi) is 7.60. The number of hydrogen-bond acceptors (Lipinski definition) is 3. The zero-order valence-electron chi connectivity index (χ0n) is 17.1. The van der Waals surface area contributed by atoms with Crippen LogP contribution in [-0.4, -0.2) is 71.3 Å². The van der Waals surface area contributed by atoms with Gasteiger partial charge in [-0.15, -0.1) is 0 Å². The van der Waals surface area contributed by atoms with Crippen molar-refractivity contribution < 1.29 is 9.59 Å². The van der Waals surface area contributed by atoms with Crippen molar-refractivity contribution in [2.75, 3.05) is 32.7 Å². The van der Waals surface area contributed by atoms with Gasteiger partial charge in [-0.1, -0.05) is 29.3 Å². The third-order valence-electron chi connectivity index (χ3n) is 6.02. The van der Waals surface area contributed by atoms with E-state index in [1.807, 2.05) is 11.0 Å². The molecule has 0 aliphatic carbocycles. The minimum atomic E-state index is -0.0903. The Balaban J connectivity index is 1.53. The molecule has 1 aromatic carbocycles. The maximum absolute atomic E-state index is 12.6. The first kappa shape index (κ1) is 22.1. The summed E-state index contributed by atoms with van der Waals surface area (Å²) < 4.78 is 0. The summed E-state index contributed by atoms with van der Waals surface area (Å²) in [6.45, 7) is 7.75. The van der Waals surface area contributed by atoms with Gasteiger partial charge in [0.2, 0.25) is 11.8 Å². The molecule has 2 heterocycles. The summed E-state index contributed by atoms with van der Waals surface area (Å²) in [6, 6.07) is 6.40. The van der Waals surface area contributed by atoms with Gasteiger partial charge in [-0.05, 0) is 50.5 Å². The van der Waals surface area contributed by atoms with Gasteiger partial charge in [-0.2, -0.15) is 0 Å². The fourth-order valence-corrected chi connectivity index (χ4v) is 4.44. The topological polar surface area (TPSA) is 43.9 Å². The van der Waals surface area contributed by atoms with E-state index in [1.165, 1.54) is 18.9 Å². The molecule has 2 amide bonds. The van der Waals surface area contributed by atoms with Crippen LogP contribution in [0.5, 0.6) is 0 Å². The summed E-state index contributed by atoms with van der Waals surface area (Å²) in [5.74, 6) is 0.0424. The number of nitrogens with zero attached hydrogens (tertiary/aromatic N) is 3. The lowest BCUT2D eigenvalue weighted by molar-refractivity contribution is -0.130. The van der Waals surface area contributed by atoms with E-state index in [4.69, 9.17) is 23.2 Å². The SMILES string of the molecule is C[C@@H]1CC[C@@H](C)N1CCN1CCN(C(=O)C=Cc2ccc(Cl)c(Cl)c2)CCC1=O. The molecule has 2 atom stereocenters. The first-order valence-electron chi connectivity index (χ1n) is 10.3. The highest BCUT2D eigenvalue weighted by Crippen LogP contribution is 2.24. The Hall–Kier alpha value is -1.56. The van der Waals surface area contributed by atoms with Crippen molar-refractivity contribution in [2.45, 2.75) is 45.2 Å². The molecule has 7 heteroatoms. The predicted molar refractivity (Wildman–Crippen MR) is 118 cm³/mol. The normalized spacial score (nSPS) is 23.8. The lowest BCUT2D eigenvalue weighted by atomic mass is 10.2. The summed E-state index contributed by atoms with van der Waals surface area (Å²) in [5.41, 5.74) is 0.814. The van der Waals surface area contributed by atoms with Gasteiger partial charge in [-0.3, -0.25) is 14.5 Å². The van der Waals surface area contributed by atoms with Crippen LogP contribution < -0.4 is 0 Å². The van der Waals surface area contributed by atoms with Gasteiger partial charge in [-0.25, -0.2) is 0 Å². The largest absolute Gasteiger partial charge is 0.340 e. The molecule has 0 saturated carbocycles. The first-order valence-corrected chi connectivity index (χ1v) is 11.1. The number of halogens is 2. The summed E-state index contributed by atoms with van der Waals surface area (Å²) in [4.78, 5) is 31.2. The van der Waals surface area contributed by atoms with E-state index >= 15 is 0 Å². The standard InChI is InChI=1S/C22H29Cl2N3O2/c1-16-3-4-17(2)27(16)14-13-26-12-11-25(10-9-22(26)29)21(28)8-6-18-5-7-19(23)20(24)15-18/h5-8,15-17H,3-4,9-14H2,1-2H3/t16-,17-/m1/s1. The molecule has 1 aromatic rings. The molecule has 0 unspecified atom stereocenters. The van der Waals surface area contributed by atoms with Gasteiger partial charge < -0.3 is 9.80 Å².